The standard InChI is InChI=1S/C20H16/c1-2-5-7-3(1)9-10-4(1)8-6(2)12-11(5)17-13(7)15(9)19-16(10)14(8)18(12)20(17)19/h1-12,15-16,19-20H. The van der Waals surface area contributed by atoms with E-state index in [1.807, 2.05) is 0 Å². The molecule has 0 nitrogen and oxygen atoms in total. The third kappa shape index (κ3) is 0.333. The summed E-state index contributed by atoms with van der Waals surface area (Å²) in [4.78, 5) is 0. The van der Waals surface area contributed by atoms with E-state index in [0.717, 1.165) is 17.8 Å². The van der Waals surface area contributed by atoms with Crippen LogP contribution in [0.25, 0.3) is 0 Å². The molecule has 0 heteroatoms. The van der Waals surface area contributed by atoms with E-state index in [2.05, 4.69) is 22.3 Å². The number of allylic oxidation sites excluding steroid dienone is 4. The summed E-state index contributed by atoms with van der Waals surface area (Å²) in [5, 5.41) is 0. The highest BCUT2D eigenvalue weighted by atomic mass is 15.0. The summed E-state index contributed by atoms with van der Waals surface area (Å²) in [6, 6.07) is 0. The van der Waals surface area contributed by atoms with Crippen LogP contribution in [0.2, 0.25) is 0 Å². The Balaban J connectivity index is 1.58. The monoisotopic (exact) mass is 256 g/mol. The van der Waals surface area contributed by atoms with Gasteiger partial charge < -0.3 is 0 Å². The summed E-state index contributed by atoms with van der Waals surface area (Å²) >= 11 is 0. The van der Waals surface area contributed by atoms with Crippen molar-refractivity contribution in [2.45, 2.75) is 0 Å². The maximum absolute atomic E-state index is 2.20. The third-order valence-corrected chi connectivity index (χ3v) is 12.0. The third-order valence-electron chi connectivity index (χ3n) is 12.0. The molecule has 0 spiro atoms. The van der Waals surface area contributed by atoms with Gasteiger partial charge in [0, 0.05) is 5.92 Å². The fourth-order valence-electron chi connectivity index (χ4n) is 13.4. The molecular formula is C20H16. The lowest BCUT2D eigenvalue weighted by Gasteiger charge is -2.28. The van der Waals surface area contributed by atoms with Crippen LogP contribution in [-0.2, 0) is 0 Å². The molecule has 12 rings (SSSR count). The Morgan fingerprint density at radius 3 is 1.35 bits per heavy atom. The van der Waals surface area contributed by atoms with Gasteiger partial charge >= 0.3 is 0 Å². The highest BCUT2D eigenvalue weighted by Gasteiger charge is 2.94. The average molecular weight is 256 g/mol. The van der Waals surface area contributed by atoms with Crippen molar-refractivity contribution in [2.24, 2.45) is 94.7 Å². The first kappa shape index (κ1) is 7.65. The highest BCUT2D eigenvalue weighted by Crippen LogP contribution is 2.99. The molecule has 0 aromatic rings. The molecule has 0 aromatic carbocycles. The SMILES string of the molecule is C12=C3C4C5C1C1=C6C5C5C4C4C3C3C2C1C1C6C5C4C31. The molecule has 12 unspecified atom stereocenters. The van der Waals surface area contributed by atoms with Crippen molar-refractivity contribution in [3.05, 3.63) is 22.3 Å². The highest BCUT2D eigenvalue weighted by molar-refractivity contribution is 5.68. The maximum Gasteiger partial charge on any atom is 0.00589 e. The molecule has 20 heavy (non-hydrogen) atoms. The van der Waals surface area contributed by atoms with Gasteiger partial charge in [0.05, 0.1) is 0 Å². The van der Waals surface area contributed by atoms with Gasteiger partial charge in [0.2, 0.25) is 0 Å². The molecule has 0 amide bonds. The topological polar surface area (TPSA) is 0 Å². The fourth-order valence-corrected chi connectivity index (χ4v) is 13.4. The second-order valence-electron chi connectivity index (χ2n) is 10.6. The molecule has 8 saturated carbocycles. The Kier molecular flexibility index (Phi) is 0.611. The van der Waals surface area contributed by atoms with Crippen LogP contribution in [0.5, 0.6) is 0 Å². The van der Waals surface area contributed by atoms with E-state index in [1.54, 1.807) is 0 Å². The molecule has 0 aliphatic heterocycles. The van der Waals surface area contributed by atoms with Crippen LogP contribution in [0, 0.1) is 94.7 Å². The van der Waals surface area contributed by atoms with Crippen LogP contribution < -0.4 is 0 Å². The van der Waals surface area contributed by atoms with Crippen molar-refractivity contribution in [1.29, 1.82) is 0 Å². The summed E-state index contributed by atoms with van der Waals surface area (Å²) in [5.74, 6) is 19.3. The minimum atomic E-state index is 1.09. The molecule has 0 bridgehead atoms. The van der Waals surface area contributed by atoms with Gasteiger partial charge in [0.15, 0.2) is 0 Å². The first-order valence-electron chi connectivity index (χ1n) is 9.48. The van der Waals surface area contributed by atoms with Crippen molar-refractivity contribution >= 4 is 0 Å². The van der Waals surface area contributed by atoms with E-state index in [9.17, 15) is 0 Å². The van der Waals surface area contributed by atoms with Crippen LogP contribution >= 0.6 is 0 Å². The summed E-state index contributed by atoms with van der Waals surface area (Å²) in [5.41, 5.74) is 8.74. The quantitative estimate of drug-likeness (QED) is 0.584. The summed E-state index contributed by atoms with van der Waals surface area (Å²) in [6.45, 7) is 0. The van der Waals surface area contributed by atoms with Gasteiger partial charge in [-0.05, 0) is 88.8 Å². The molecule has 96 valence electrons. The van der Waals surface area contributed by atoms with Crippen LogP contribution in [0.15, 0.2) is 22.3 Å². The molecule has 0 saturated heterocycles. The average Bonchev–Trinajstić information content (AvgIpc) is 3.07. The molecule has 12 atom stereocenters. The van der Waals surface area contributed by atoms with Crippen molar-refractivity contribution in [3.8, 4) is 0 Å². The molecule has 12 aliphatic rings. The molecule has 0 heterocycles. The Morgan fingerprint density at radius 1 is 0.300 bits per heavy atom. The second-order valence-corrected chi connectivity index (χ2v) is 10.6. The van der Waals surface area contributed by atoms with Crippen molar-refractivity contribution in [2.75, 3.05) is 0 Å². The van der Waals surface area contributed by atoms with Gasteiger partial charge in [0.25, 0.3) is 0 Å². The summed E-state index contributed by atoms with van der Waals surface area (Å²) in [6.07, 6.45) is 0. The van der Waals surface area contributed by atoms with E-state index in [4.69, 9.17) is 0 Å². The molecule has 0 N–H and O–H groups in total. The molecule has 0 radical (unpaired) electrons. The Hall–Kier alpha value is -0.520. The number of hydrogen-bond acceptors (Lipinski definition) is 0. The van der Waals surface area contributed by atoms with Gasteiger partial charge in [-0.25, -0.2) is 0 Å². The zero-order chi connectivity index (χ0) is 11.5. The van der Waals surface area contributed by atoms with Gasteiger partial charge in [-0.3, -0.25) is 0 Å². The lowest BCUT2D eigenvalue weighted by Crippen LogP contribution is -2.24. The van der Waals surface area contributed by atoms with Gasteiger partial charge in [0.1, 0.15) is 0 Å². The smallest absolute Gasteiger partial charge is 0.00589 e. The van der Waals surface area contributed by atoms with Crippen LogP contribution in [-0.4, -0.2) is 0 Å². The lowest BCUT2D eigenvalue weighted by atomic mass is 9.75. The summed E-state index contributed by atoms with van der Waals surface area (Å²) < 4.78 is 0. The zero-order valence-corrected chi connectivity index (χ0v) is 11.2. The van der Waals surface area contributed by atoms with Crippen LogP contribution in [0.3, 0.4) is 0 Å². The largest absolute Gasteiger partial charge is 0.0626 e. The van der Waals surface area contributed by atoms with E-state index in [1.165, 1.54) is 76.9 Å². The minimum Gasteiger partial charge on any atom is -0.0626 e. The predicted octanol–water partition coefficient (Wildman–Crippen LogP) is 2.59. The fraction of sp³-hybridized carbons (Fsp3) is 0.800. The van der Waals surface area contributed by atoms with Gasteiger partial charge in [-0.2, -0.15) is 0 Å². The first-order chi connectivity index (χ1) is 10.0. The van der Waals surface area contributed by atoms with E-state index in [-0.39, 0.29) is 0 Å². The molecule has 8 fully saturated rings. The zero-order valence-electron chi connectivity index (χ0n) is 11.2. The Bertz CT molecular complexity index is 776. The second kappa shape index (κ2) is 1.60. The lowest BCUT2D eigenvalue weighted by molar-refractivity contribution is 0.233. The number of rotatable bonds is 0. The molecule has 12 aliphatic carbocycles. The minimum absolute atomic E-state index is 1.09. The summed E-state index contributed by atoms with van der Waals surface area (Å²) in [7, 11) is 0. The predicted molar refractivity (Wildman–Crippen MR) is 69.9 cm³/mol. The maximum atomic E-state index is 2.20. The molecule has 0 aromatic heterocycles. The van der Waals surface area contributed by atoms with Gasteiger partial charge in [-0.1, -0.05) is 22.3 Å². The molecular weight excluding hydrogens is 240 g/mol. The van der Waals surface area contributed by atoms with Crippen molar-refractivity contribution in [3.63, 3.8) is 0 Å². The van der Waals surface area contributed by atoms with Gasteiger partial charge in [-0.15, -0.1) is 0 Å². The van der Waals surface area contributed by atoms with E-state index >= 15 is 0 Å². The Morgan fingerprint density at radius 2 is 0.750 bits per heavy atom. The van der Waals surface area contributed by atoms with Crippen LogP contribution in [0.1, 0.15) is 0 Å². The van der Waals surface area contributed by atoms with E-state index < -0.39 is 0 Å². The van der Waals surface area contributed by atoms with Crippen molar-refractivity contribution in [1.82, 2.24) is 0 Å². The normalized spacial score (nSPS) is 93.6. The Labute approximate surface area is 117 Å². The van der Waals surface area contributed by atoms with E-state index in [0.29, 0.717) is 0 Å². The van der Waals surface area contributed by atoms with Crippen molar-refractivity contribution < 1.29 is 0 Å². The number of hydrogen-bond donors (Lipinski definition) is 0. The first-order valence-corrected chi connectivity index (χ1v) is 9.48. The van der Waals surface area contributed by atoms with Crippen LogP contribution in [0.4, 0.5) is 0 Å².